The lowest BCUT2D eigenvalue weighted by Crippen LogP contribution is -2.57. The summed E-state index contributed by atoms with van der Waals surface area (Å²) in [5.41, 5.74) is 6.61. The highest BCUT2D eigenvalue weighted by molar-refractivity contribution is 5.94. The molecule has 0 unspecified atom stereocenters. The van der Waals surface area contributed by atoms with E-state index in [1.165, 1.54) is 12.1 Å². The smallest absolute Gasteiger partial charge is 0.326 e. The number of rotatable bonds is 15. The molecule has 10 heteroatoms. The molecule has 0 fully saturated rings. The average molecular weight is 521 g/mol. The van der Waals surface area contributed by atoms with Gasteiger partial charge < -0.3 is 31.9 Å². The van der Waals surface area contributed by atoms with Crippen LogP contribution in [0.3, 0.4) is 0 Å². The molecule has 0 saturated carbocycles. The number of carboxylic acids is 1. The molecular formula is C27H44N4O6. The maximum Gasteiger partial charge on any atom is 0.326 e. The third-order valence-corrected chi connectivity index (χ3v) is 5.73. The van der Waals surface area contributed by atoms with Crippen LogP contribution in [-0.2, 0) is 25.6 Å². The quantitative estimate of drug-likeness (QED) is 0.205. The first kappa shape index (κ1) is 31.9. The van der Waals surface area contributed by atoms with Gasteiger partial charge in [0.25, 0.3) is 0 Å². The maximum atomic E-state index is 13.2. The van der Waals surface area contributed by atoms with Crippen molar-refractivity contribution in [3.05, 3.63) is 29.8 Å². The number of nitrogens with two attached hydrogens (primary N) is 1. The van der Waals surface area contributed by atoms with Crippen molar-refractivity contribution >= 4 is 23.7 Å². The van der Waals surface area contributed by atoms with Gasteiger partial charge in [0.2, 0.25) is 17.7 Å². The Balaban J connectivity index is 3.01. The second-order valence-corrected chi connectivity index (χ2v) is 10.9. The largest absolute Gasteiger partial charge is 0.508 e. The molecule has 0 spiro atoms. The number of hydrogen-bond donors (Lipinski definition) is 6. The zero-order valence-electron chi connectivity index (χ0n) is 22.8. The molecule has 208 valence electrons. The average Bonchev–Trinajstić information content (AvgIpc) is 2.77. The van der Waals surface area contributed by atoms with Crippen molar-refractivity contribution in [2.45, 2.75) is 91.4 Å². The Morgan fingerprint density at radius 2 is 1.11 bits per heavy atom. The van der Waals surface area contributed by atoms with Gasteiger partial charge in [0.05, 0.1) is 6.04 Å². The number of aliphatic carboxylic acids is 1. The summed E-state index contributed by atoms with van der Waals surface area (Å²) in [4.78, 5) is 50.8. The van der Waals surface area contributed by atoms with E-state index in [1.807, 2.05) is 41.5 Å². The van der Waals surface area contributed by atoms with Crippen LogP contribution in [0.5, 0.6) is 5.75 Å². The zero-order valence-corrected chi connectivity index (χ0v) is 22.8. The minimum Gasteiger partial charge on any atom is -0.508 e. The summed E-state index contributed by atoms with van der Waals surface area (Å²) in [5.74, 6) is -2.44. The van der Waals surface area contributed by atoms with Gasteiger partial charge in [0.15, 0.2) is 0 Å². The molecule has 0 aliphatic carbocycles. The van der Waals surface area contributed by atoms with Crippen molar-refractivity contribution in [3.8, 4) is 5.75 Å². The van der Waals surface area contributed by atoms with Crippen molar-refractivity contribution < 1.29 is 29.4 Å². The van der Waals surface area contributed by atoms with Crippen molar-refractivity contribution in [2.24, 2.45) is 23.5 Å². The van der Waals surface area contributed by atoms with E-state index in [1.54, 1.807) is 12.1 Å². The molecule has 0 radical (unpaired) electrons. The summed E-state index contributed by atoms with van der Waals surface area (Å²) < 4.78 is 0. The third kappa shape index (κ3) is 12.1. The first-order chi connectivity index (χ1) is 17.2. The van der Waals surface area contributed by atoms with Gasteiger partial charge in [-0.1, -0.05) is 53.7 Å². The van der Waals surface area contributed by atoms with Gasteiger partial charge >= 0.3 is 5.97 Å². The van der Waals surface area contributed by atoms with Gasteiger partial charge in [-0.15, -0.1) is 0 Å². The Labute approximate surface area is 219 Å². The predicted molar refractivity (Wildman–Crippen MR) is 142 cm³/mol. The van der Waals surface area contributed by atoms with Gasteiger partial charge in [-0.05, 0) is 54.7 Å². The minimum atomic E-state index is -1.23. The Bertz CT molecular complexity index is 901. The van der Waals surface area contributed by atoms with Gasteiger partial charge in [-0.3, -0.25) is 14.4 Å². The number of carbonyl (C=O) groups is 4. The lowest BCUT2D eigenvalue weighted by molar-refractivity contribution is -0.142. The van der Waals surface area contributed by atoms with Crippen LogP contribution in [0, 0.1) is 17.8 Å². The van der Waals surface area contributed by atoms with Crippen molar-refractivity contribution in [3.63, 3.8) is 0 Å². The first-order valence-electron chi connectivity index (χ1n) is 12.9. The number of phenolic OH excluding ortho intramolecular Hbond substituents is 1. The highest BCUT2D eigenvalue weighted by Gasteiger charge is 2.31. The van der Waals surface area contributed by atoms with E-state index in [-0.39, 0.29) is 36.3 Å². The molecule has 1 aromatic rings. The van der Waals surface area contributed by atoms with Crippen LogP contribution < -0.4 is 21.7 Å². The van der Waals surface area contributed by atoms with E-state index in [4.69, 9.17) is 5.73 Å². The number of carbonyl (C=O) groups excluding carboxylic acids is 3. The van der Waals surface area contributed by atoms with Crippen LogP contribution in [0.1, 0.15) is 66.4 Å². The van der Waals surface area contributed by atoms with Gasteiger partial charge in [-0.25, -0.2) is 4.79 Å². The third-order valence-electron chi connectivity index (χ3n) is 5.73. The van der Waals surface area contributed by atoms with E-state index >= 15 is 0 Å². The second kappa shape index (κ2) is 15.2. The molecule has 1 rings (SSSR count). The van der Waals surface area contributed by atoms with Crippen LogP contribution >= 0.6 is 0 Å². The van der Waals surface area contributed by atoms with Crippen LogP contribution in [0.15, 0.2) is 24.3 Å². The number of nitrogens with one attached hydrogen (secondary N) is 3. The van der Waals surface area contributed by atoms with Gasteiger partial charge in [0.1, 0.15) is 23.9 Å². The lowest BCUT2D eigenvalue weighted by atomic mass is 9.98. The Morgan fingerprint density at radius 3 is 1.51 bits per heavy atom. The van der Waals surface area contributed by atoms with Crippen LogP contribution in [0.2, 0.25) is 0 Å². The molecule has 1 aromatic carbocycles. The number of amides is 3. The number of carboxylic acid groups (broad SMARTS) is 1. The fraction of sp³-hybridized carbons (Fsp3) is 0.630. The molecule has 7 N–H and O–H groups in total. The Morgan fingerprint density at radius 1 is 0.703 bits per heavy atom. The topological polar surface area (TPSA) is 171 Å². The van der Waals surface area contributed by atoms with E-state index in [0.29, 0.717) is 18.4 Å². The molecule has 0 saturated heterocycles. The molecule has 3 amide bonds. The molecule has 0 heterocycles. The SMILES string of the molecule is CC(C)C[C@H](NC(=O)[C@H](CC(C)C)NC(=O)[C@@H](N)CC(C)C)C(=O)N[C@@H](Cc1ccc(O)cc1)C(=O)O. The molecule has 4 atom stereocenters. The van der Waals surface area contributed by atoms with E-state index in [9.17, 15) is 29.4 Å². The minimum absolute atomic E-state index is 0.00344. The fourth-order valence-electron chi connectivity index (χ4n) is 3.91. The fourth-order valence-corrected chi connectivity index (χ4v) is 3.91. The van der Waals surface area contributed by atoms with Crippen molar-refractivity contribution in [1.29, 1.82) is 0 Å². The first-order valence-corrected chi connectivity index (χ1v) is 12.9. The molecular weight excluding hydrogens is 476 g/mol. The summed E-state index contributed by atoms with van der Waals surface area (Å²) in [7, 11) is 0. The number of hydrogen-bond acceptors (Lipinski definition) is 6. The summed E-state index contributed by atoms with van der Waals surface area (Å²) >= 11 is 0. The molecule has 10 nitrogen and oxygen atoms in total. The van der Waals surface area contributed by atoms with Crippen LogP contribution in [-0.4, -0.2) is 58.1 Å². The molecule has 0 aliphatic heterocycles. The summed E-state index contributed by atoms with van der Waals surface area (Å²) in [6.07, 6.45) is 1.10. The summed E-state index contributed by atoms with van der Waals surface area (Å²) in [5, 5.41) is 27.1. The van der Waals surface area contributed by atoms with Gasteiger partial charge in [0, 0.05) is 6.42 Å². The van der Waals surface area contributed by atoms with E-state index in [2.05, 4.69) is 16.0 Å². The maximum absolute atomic E-state index is 13.2. The molecule has 0 aliphatic rings. The summed E-state index contributed by atoms with van der Waals surface area (Å²) in [6.45, 7) is 11.5. The van der Waals surface area contributed by atoms with Crippen LogP contribution in [0.25, 0.3) is 0 Å². The summed E-state index contributed by atoms with van der Waals surface area (Å²) in [6, 6.07) is 2.16. The predicted octanol–water partition coefficient (Wildman–Crippen LogP) is 1.94. The van der Waals surface area contributed by atoms with Gasteiger partial charge in [-0.2, -0.15) is 0 Å². The standard InChI is InChI=1S/C27H44N4O6/c1-15(2)11-20(28)24(33)29-21(12-16(3)4)25(34)30-22(13-17(5)6)26(35)31-23(27(36)37)14-18-7-9-19(32)10-8-18/h7-10,15-17,20-23,32H,11-14,28H2,1-6H3,(H,29,33)(H,30,34)(H,31,35)(H,36,37)/t20-,21-,22-,23-/m0/s1. The Kier molecular flexibility index (Phi) is 13.1. The highest BCUT2D eigenvalue weighted by atomic mass is 16.4. The lowest BCUT2D eigenvalue weighted by Gasteiger charge is -2.27. The Hall–Kier alpha value is -3.14. The number of benzene rings is 1. The number of aromatic hydroxyl groups is 1. The van der Waals surface area contributed by atoms with Crippen molar-refractivity contribution in [2.75, 3.05) is 0 Å². The zero-order chi connectivity index (χ0) is 28.3. The number of phenols is 1. The molecule has 0 aromatic heterocycles. The highest BCUT2D eigenvalue weighted by Crippen LogP contribution is 2.13. The van der Waals surface area contributed by atoms with Crippen molar-refractivity contribution in [1.82, 2.24) is 16.0 Å². The van der Waals surface area contributed by atoms with E-state index < -0.39 is 47.9 Å². The molecule has 0 bridgehead atoms. The van der Waals surface area contributed by atoms with E-state index in [0.717, 1.165) is 0 Å². The molecule has 37 heavy (non-hydrogen) atoms. The van der Waals surface area contributed by atoms with Crippen LogP contribution in [0.4, 0.5) is 0 Å². The normalized spacial score (nSPS) is 14.6. The monoisotopic (exact) mass is 520 g/mol. The second-order valence-electron chi connectivity index (χ2n) is 10.9.